The Morgan fingerprint density at radius 2 is 2.00 bits per heavy atom. The van der Waals surface area contributed by atoms with E-state index in [1.54, 1.807) is 0 Å². The minimum absolute atomic E-state index is 0.700. The maximum atomic E-state index is 8.68. The number of aliphatic hydroxyl groups excluding tert-OH is 4. The van der Waals surface area contributed by atoms with Gasteiger partial charge in [0.25, 0.3) is 0 Å². The molecule has 0 saturated heterocycles. The second kappa shape index (κ2) is 4.10. The highest BCUT2D eigenvalue weighted by Gasteiger charge is 2.12. The molecular formula is C5H10O5. The predicted molar refractivity (Wildman–Crippen MR) is 32.4 cm³/mol. The Kier molecular flexibility index (Phi) is 3.78. The summed E-state index contributed by atoms with van der Waals surface area (Å²) >= 11 is 0. The smallest absolute Gasteiger partial charge is 0.217 e. The summed E-state index contributed by atoms with van der Waals surface area (Å²) < 4.78 is 4.21. The zero-order chi connectivity index (χ0) is 8.15. The van der Waals surface area contributed by atoms with Crippen molar-refractivity contribution < 1.29 is 25.2 Å². The fraction of sp³-hybridized carbons (Fsp3) is 0.600. The van der Waals surface area contributed by atoms with Gasteiger partial charge < -0.3 is 25.2 Å². The maximum Gasteiger partial charge on any atom is 0.217 e. The Morgan fingerprint density at radius 3 is 2.30 bits per heavy atom. The van der Waals surface area contributed by atoms with Crippen LogP contribution in [-0.2, 0) is 4.74 Å². The number of ether oxygens (including phenoxy) is 1. The van der Waals surface area contributed by atoms with Crippen LogP contribution in [0.5, 0.6) is 0 Å². The molecule has 0 aliphatic carbocycles. The first kappa shape index (κ1) is 9.22. The summed E-state index contributed by atoms with van der Waals surface area (Å²) in [6.07, 6.45) is -1.58. The van der Waals surface area contributed by atoms with Gasteiger partial charge in [0.05, 0.1) is 0 Å². The molecular weight excluding hydrogens is 140 g/mol. The largest absolute Gasteiger partial charge is 0.506 e. The van der Waals surface area contributed by atoms with Crippen LogP contribution >= 0.6 is 0 Å². The maximum absolute atomic E-state index is 8.68. The van der Waals surface area contributed by atoms with Gasteiger partial charge in [0.1, 0.15) is 6.61 Å². The Morgan fingerprint density at radius 1 is 1.50 bits per heavy atom. The first-order chi connectivity index (χ1) is 4.63. The van der Waals surface area contributed by atoms with Crippen LogP contribution < -0.4 is 0 Å². The lowest BCUT2D eigenvalue weighted by Gasteiger charge is -2.07. The van der Waals surface area contributed by atoms with E-state index in [-0.39, 0.29) is 0 Å². The molecule has 5 heteroatoms. The Bertz CT molecular complexity index is 130. The quantitative estimate of drug-likeness (QED) is 0.314. The first-order valence-electron chi connectivity index (χ1n) is 2.56. The van der Waals surface area contributed by atoms with Gasteiger partial charge in [-0.1, -0.05) is 0 Å². The molecule has 60 valence electrons. The summed E-state index contributed by atoms with van der Waals surface area (Å²) in [6.45, 7) is -0.730. The standard InChI is InChI=1S/C5H10O5/c1-10-5(9)4(8)3(7)2-6/h5-9H,2H2,1H3/b4-3+/t5-/m1/s1. The second-order valence-corrected chi connectivity index (χ2v) is 1.58. The summed E-state index contributed by atoms with van der Waals surface area (Å²) in [7, 11) is 1.14. The van der Waals surface area contributed by atoms with Crippen LogP contribution in [0.3, 0.4) is 0 Å². The molecule has 5 nitrogen and oxygen atoms in total. The van der Waals surface area contributed by atoms with Crippen molar-refractivity contribution in [1.82, 2.24) is 0 Å². The monoisotopic (exact) mass is 150 g/mol. The van der Waals surface area contributed by atoms with Gasteiger partial charge in [-0.3, -0.25) is 0 Å². The minimum atomic E-state index is -1.58. The van der Waals surface area contributed by atoms with Crippen molar-refractivity contribution in [2.24, 2.45) is 0 Å². The van der Waals surface area contributed by atoms with Gasteiger partial charge >= 0.3 is 0 Å². The lowest BCUT2D eigenvalue weighted by Crippen LogP contribution is -2.15. The average molecular weight is 150 g/mol. The molecule has 10 heavy (non-hydrogen) atoms. The molecule has 0 aromatic heterocycles. The van der Waals surface area contributed by atoms with Crippen molar-refractivity contribution >= 4 is 0 Å². The third-order valence-electron chi connectivity index (χ3n) is 0.903. The Hall–Kier alpha value is -0.780. The van der Waals surface area contributed by atoms with Gasteiger partial charge in [-0.15, -0.1) is 0 Å². The predicted octanol–water partition coefficient (Wildman–Crippen LogP) is -0.729. The van der Waals surface area contributed by atoms with Gasteiger partial charge in [0.15, 0.2) is 11.5 Å². The molecule has 0 bridgehead atoms. The average Bonchev–Trinajstić information content (AvgIpc) is 2.00. The molecule has 0 aromatic rings. The van der Waals surface area contributed by atoms with Crippen LogP contribution in [-0.4, -0.2) is 40.4 Å². The van der Waals surface area contributed by atoms with E-state index in [9.17, 15) is 0 Å². The number of methoxy groups -OCH3 is 1. The van der Waals surface area contributed by atoms with Gasteiger partial charge in [-0.05, 0) is 0 Å². The van der Waals surface area contributed by atoms with Gasteiger partial charge in [0, 0.05) is 7.11 Å². The van der Waals surface area contributed by atoms with E-state index in [0.29, 0.717) is 0 Å². The summed E-state index contributed by atoms with van der Waals surface area (Å²) in [4.78, 5) is 0. The number of aliphatic hydroxyl groups is 4. The Balaban J connectivity index is 4.15. The topological polar surface area (TPSA) is 90.2 Å². The highest BCUT2D eigenvalue weighted by atomic mass is 16.6. The third kappa shape index (κ3) is 2.22. The molecule has 0 saturated carbocycles. The van der Waals surface area contributed by atoms with E-state index in [1.807, 2.05) is 0 Å². The SMILES string of the molecule is CO[C@@H](O)/C(O)=C(\O)CO. The first-order valence-corrected chi connectivity index (χ1v) is 2.56. The zero-order valence-corrected chi connectivity index (χ0v) is 5.48. The molecule has 0 heterocycles. The van der Waals surface area contributed by atoms with Gasteiger partial charge in [-0.2, -0.15) is 0 Å². The van der Waals surface area contributed by atoms with Crippen molar-refractivity contribution in [1.29, 1.82) is 0 Å². The molecule has 0 fully saturated rings. The van der Waals surface area contributed by atoms with Crippen molar-refractivity contribution in [2.75, 3.05) is 13.7 Å². The van der Waals surface area contributed by atoms with E-state index < -0.39 is 24.4 Å². The van der Waals surface area contributed by atoms with Crippen LogP contribution in [0, 0.1) is 0 Å². The number of hydrogen-bond acceptors (Lipinski definition) is 5. The third-order valence-corrected chi connectivity index (χ3v) is 0.903. The van der Waals surface area contributed by atoms with Crippen molar-refractivity contribution in [2.45, 2.75) is 6.29 Å². The number of rotatable bonds is 3. The fourth-order valence-electron chi connectivity index (χ4n) is 0.335. The summed E-state index contributed by atoms with van der Waals surface area (Å²) in [5.74, 6) is -1.47. The van der Waals surface area contributed by atoms with E-state index in [4.69, 9.17) is 20.4 Å². The van der Waals surface area contributed by atoms with Crippen LogP contribution in [0.25, 0.3) is 0 Å². The van der Waals surface area contributed by atoms with Crippen molar-refractivity contribution in [3.8, 4) is 0 Å². The van der Waals surface area contributed by atoms with E-state index in [1.165, 1.54) is 0 Å². The molecule has 0 aliphatic heterocycles. The van der Waals surface area contributed by atoms with Gasteiger partial charge in [-0.25, -0.2) is 0 Å². The minimum Gasteiger partial charge on any atom is -0.506 e. The highest BCUT2D eigenvalue weighted by Crippen LogP contribution is 2.02. The summed E-state index contributed by atoms with van der Waals surface area (Å²) in [5.41, 5.74) is 0. The molecule has 0 unspecified atom stereocenters. The molecule has 0 aromatic carbocycles. The van der Waals surface area contributed by atoms with Crippen LogP contribution in [0.4, 0.5) is 0 Å². The van der Waals surface area contributed by atoms with E-state index in [2.05, 4.69) is 4.74 Å². The Labute approximate surface area is 57.8 Å². The summed E-state index contributed by atoms with van der Waals surface area (Å²) in [5, 5.41) is 34.1. The van der Waals surface area contributed by atoms with Crippen LogP contribution in [0.2, 0.25) is 0 Å². The summed E-state index contributed by atoms with van der Waals surface area (Å²) in [6, 6.07) is 0. The highest BCUT2D eigenvalue weighted by molar-refractivity contribution is 5.00. The van der Waals surface area contributed by atoms with Crippen LogP contribution in [0.15, 0.2) is 11.5 Å². The molecule has 0 rings (SSSR count). The fourth-order valence-corrected chi connectivity index (χ4v) is 0.335. The van der Waals surface area contributed by atoms with Crippen molar-refractivity contribution in [3.05, 3.63) is 11.5 Å². The van der Waals surface area contributed by atoms with E-state index in [0.717, 1.165) is 7.11 Å². The van der Waals surface area contributed by atoms with Gasteiger partial charge in [0.2, 0.25) is 6.29 Å². The molecule has 1 atom stereocenters. The molecule has 0 radical (unpaired) electrons. The molecule has 0 aliphatic rings. The normalized spacial score (nSPS) is 16.3. The zero-order valence-electron chi connectivity index (χ0n) is 5.48. The lowest BCUT2D eigenvalue weighted by molar-refractivity contribution is -0.0739. The van der Waals surface area contributed by atoms with E-state index >= 15 is 0 Å². The molecule has 0 spiro atoms. The molecule has 4 N–H and O–H groups in total. The molecule has 0 amide bonds. The lowest BCUT2D eigenvalue weighted by atomic mass is 10.4. The number of hydrogen-bond donors (Lipinski definition) is 4. The van der Waals surface area contributed by atoms with Crippen molar-refractivity contribution in [3.63, 3.8) is 0 Å². The van der Waals surface area contributed by atoms with Crippen LogP contribution in [0.1, 0.15) is 0 Å². The second-order valence-electron chi connectivity index (χ2n) is 1.58.